The molecule has 3 heterocycles. The quantitative estimate of drug-likeness (QED) is 0.637. The van der Waals surface area contributed by atoms with Crippen LogP contribution >= 0.6 is 0 Å². The maximum absolute atomic E-state index is 12.6. The number of urea groups is 1. The van der Waals surface area contributed by atoms with Crippen LogP contribution in [0.15, 0.2) is 41.3 Å². The van der Waals surface area contributed by atoms with Crippen molar-refractivity contribution in [3.05, 3.63) is 52.6 Å². The minimum atomic E-state index is -0.425. The number of nitrogens with one attached hydrogen (secondary N) is 1. The summed E-state index contributed by atoms with van der Waals surface area (Å²) in [6, 6.07) is 9.79. The van der Waals surface area contributed by atoms with Gasteiger partial charge in [0.05, 0.1) is 5.69 Å². The molecule has 32 heavy (non-hydrogen) atoms. The molecule has 9 nitrogen and oxygen atoms in total. The molecule has 5 N–H and O–H groups in total. The van der Waals surface area contributed by atoms with E-state index in [1.54, 1.807) is 17.2 Å². The van der Waals surface area contributed by atoms with Gasteiger partial charge in [-0.15, -0.1) is 0 Å². The molecular weight excluding hydrogens is 406 g/mol. The van der Waals surface area contributed by atoms with Gasteiger partial charge in [0.15, 0.2) is 0 Å². The van der Waals surface area contributed by atoms with E-state index < -0.39 is 5.69 Å². The Labute approximate surface area is 187 Å². The molecular formula is C23H31N7O2. The molecule has 2 atom stereocenters. The van der Waals surface area contributed by atoms with E-state index in [1.165, 1.54) is 10.1 Å². The molecule has 3 aliphatic rings. The first-order valence-corrected chi connectivity index (χ1v) is 11.4. The van der Waals surface area contributed by atoms with Gasteiger partial charge in [0.1, 0.15) is 5.82 Å². The Morgan fingerprint density at radius 1 is 1.09 bits per heavy atom. The minimum Gasteiger partial charge on any atom is -0.330 e. The summed E-state index contributed by atoms with van der Waals surface area (Å²) >= 11 is 0. The number of carbonyl (C=O) groups is 1. The SMILES string of the molecule is NCC1CCN(C(=O)Nc2ccn(-c3ccc(CN4CC5C(N)C5C4)cc3)c(=O)n2)CC1. The summed E-state index contributed by atoms with van der Waals surface area (Å²) in [4.78, 5) is 33.3. The number of hydrogen-bond donors (Lipinski definition) is 3. The van der Waals surface area contributed by atoms with Crippen LogP contribution in [0.3, 0.4) is 0 Å². The van der Waals surface area contributed by atoms with Gasteiger partial charge in [0, 0.05) is 45.0 Å². The summed E-state index contributed by atoms with van der Waals surface area (Å²) in [5, 5.41) is 2.74. The van der Waals surface area contributed by atoms with E-state index in [9.17, 15) is 9.59 Å². The van der Waals surface area contributed by atoms with Crippen LogP contribution in [-0.4, -0.2) is 64.1 Å². The maximum atomic E-state index is 12.6. The van der Waals surface area contributed by atoms with Crippen LogP contribution in [0.1, 0.15) is 18.4 Å². The van der Waals surface area contributed by atoms with Crippen molar-refractivity contribution in [2.45, 2.75) is 25.4 Å². The first-order chi connectivity index (χ1) is 15.5. The van der Waals surface area contributed by atoms with Crippen molar-refractivity contribution in [3.63, 3.8) is 0 Å². The molecule has 1 aromatic carbocycles. The lowest BCUT2D eigenvalue weighted by Gasteiger charge is -2.31. The summed E-state index contributed by atoms with van der Waals surface area (Å²) in [5.74, 6) is 2.10. The van der Waals surface area contributed by atoms with Crippen LogP contribution in [0.25, 0.3) is 5.69 Å². The number of fused-ring (bicyclic) bond motifs is 1. The van der Waals surface area contributed by atoms with Crippen molar-refractivity contribution >= 4 is 11.8 Å². The van der Waals surface area contributed by atoms with Crippen LogP contribution in [0.2, 0.25) is 0 Å². The highest BCUT2D eigenvalue weighted by atomic mass is 16.2. The monoisotopic (exact) mass is 437 g/mol. The summed E-state index contributed by atoms with van der Waals surface area (Å²) in [5.41, 5.74) is 13.3. The van der Waals surface area contributed by atoms with Gasteiger partial charge in [-0.05, 0) is 60.9 Å². The Bertz CT molecular complexity index is 1020. The Kier molecular flexibility index (Phi) is 5.71. The number of nitrogens with two attached hydrogens (primary N) is 2. The van der Waals surface area contributed by atoms with Crippen LogP contribution in [0, 0.1) is 17.8 Å². The third kappa shape index (κ3) is 4.28. The topological polar surface area (TPSA) is 123 Å². The lowest BCUT2D eigenvalue weighted by Crippen LogP contribution is -2.42. The van der Waals surface area contributed by atoms with Crippen LogP contribution < -0.4 is 22.5 Å². The van der Waals surface area contributed by atoms with Crippen molar-refractivity contribution in [1.29, 1.82) is 0 Å². The maximum Gasteiger partial charge on any atom is 0.354 e. The number of likely N-dealkylation sites (tertiary alicyclic amines) is 2. The predicted molar refractivity (Wildman–Crippen MR) is 122 cm³/mol. The molecule has 3 fully saturated rings. The molecule has 5 rings (SSSR count). The molecule has 2 aromatic rings. The van der Waals surface area contributed by atoms with Gasteiger partial charge >= 0.3 is 11.7 Å². The fourth-order valence-electron chi connectivity index (χ4n) is 5.04. The molecule has 0 bridgehead atoms. The van der Waals surface area contributed by atoms with Crippen LogP contribution in [0.5, 0.6) is 0 Å². The molecule has 2 unspecified atom stereocenters. The van der Waals surface area contributed by atoms with E-state index in [4.69, 9.17) is 11.5 Å². The Morgan fingerprint density at radius 3 is 2.41 bits per heavy atom. The number of amides is 2. The average Bonchev–Trinajstić information content (AvgIpc) is 3.19. The highest BCUT2D eigenvalue weighted by molar-refractivity contribution is 5.88. The summed E-state index contributed by atoms with van der Waals surface area (Å²) in [7, 11) is 0. The third-order valence-electron chi connectivity index (χ3n) is 7.23. The standard InChI is InChI=1S/C23H31N7O2/c24-11-15-5-8-29(9-6-15)22(31)26-20-7-10-30(23(32)27-20)17-3-1-16(2-4-17)12-28-13-18-19(14-28)21(18)25/h1-4,7,10,15,18-19,21H,5-6,8-9,11-14,24-25H2,(H,26,27,31,32). The molecule has 2 amide bonds. The van der Waals surface area contributed by atoms with Crippen molar-refractivity contribution < 1.29 is 4.79 Å². The second kappa shape index (κ2) is 8.65. The minimum absolute atomic E-state index is 0.227. The number of rotatable bonds is 5. The number of hydrogen-bond acceptors (Lipinski definition) is 6. The zero-order valence-electron chi connectivity index (χ0n) is 18.2. The van der Waals surface area contributed by atoms with Crippen molar-refractivity contribution in [3.8, 4) is 5.69 Å². The number of carbonyl (C=O) groups excluding carboxylic acids is 1. The number of piperidine rings is 2. The lowest BCUT2D eigenvalue weighted by atomic mass is 9.97. The van der Waals surface area contributed by atoms with Gasteiger partial charge in [0.2, 0.25) is 0 Å². The number of anilines is 1. The smallest absolute Gasteiger partial charge is 0.330 e. The average molecular weight is 438 g/mol. The lowest BCUT2D eigenvalue weighted by molar-refractivity contribution is 0.184. The number of aromatic nitrogens is 2. The molecule has 1 aromatic heterocycles. The third-order valence-corrected chi connectivity index (χ3v) is 7.23. The van der Waals surface area contributed by atoms with E-state index in [1.807, 2.05) is 24.3 Å². The predicted octanol–water partition coefficient (Wildman–Crippen LogP) is 0.824. The zero-order chi connectivity index (χ0) is 22.2. The molecule has 0 spiro atoms. The Hall–Kier alpha value is -2.75. The summed E-state index contributed by atoms with van der Waals surface area (Å²) < 4.78 is 1.48. The zero-order valence-corrected chi connectivity index (χ0v) is 18.2. The molecule has 9 heteroatoms. The molecule has 2 aliphatic heterocycles. The summed E-state index contributed by atoms with van der Waals surface area (Å²) in [6.45, 7) is 5.06. The summed E-state index contributed by atoms with van der Waals surface area (Å²) in [6.07, 6.45) is 3.46. The molecule has 1 aliphatic carbocycles. The van der Waals surface area contributed by atoms with E-state index in [2.05, 4.69) is 15.2 Å². The molecule has 2 saturated heterocycles. The van der Waals surface area contributed by atoms with Crippen molar-refractivity contribution in [2.75, 3.05) is 38.0 Å². The van der Waals surface area contributed by atoms with Gasteiger partial charge in [-0.2, -0.15) is 4.98 Å². The Morgan fingerprint density at radius 2 is 1.78 bits per heavy atom. The van der Waals surface area contributed by atoms with Gasteiger partial charge in [0.25, 0.3) is 0 Å². The van der Waals surface area contributed by atoms with E-state index >= 15 is 0 Å². The van der Waals surface area contributed by atoms with Gasteiger partial charge in [-0.1, -0.05) is 12.1 Å². The van der Waals surface area contributed by atoms with Crippen LogP contribution in [-0.2, 0) is 6.54 Å². The highest BCUT2D eigenvalue weighted by Gasteiger charge is 2.53. The fraction of sp³-hybridized carbons (Fsp3) is 0.522. The van der Waals surface area contributed by atoms with E-state index in [-0.39, 0.29) is 11.8 Å². The van der Waals surface area contributed by atoms with Gasteiger partial charge in [-0.3, -0.25) is 14.8 Å². The highest BCUT2D eigenvalue weighted by Crippen LogP contribution is 2.44. The fourth-order valence-corrected chi connectivity index (χ4v) is 5.04. The van der Waals surface area contributed by atoms with Crippen LogP contribution in [0.4, 0.5) is 10.6 Å². The second-order valence-electron chi connectivity index (χ2n) is 9.33. The Balaban J connectivity index is 1.19. The molecule has 170 valence electrons. The molecule has 1 saturated carbocycles. The number of benzene rings is 1. The first kappa shape index (κ1) is 21.1. The van der Waals surface area contributed by atoms with Crippen molar-refractivity contribution in [2.24, 2.45) is 29.2 Å². The molecule has 0 radical (unpaired) electrons. The van der Waals surface area contributed by atoms with E-state index in [0.29, 0.717) is 43.4 Å². The second-order valence-corrected chi connectivity index (χ2v) is 9.33. The van der Waals surface area contributed by atoms with Gasteiger partial charge < -0.3 is 16.4 Å². The first-order valence-electron chi connectivity index (χ1n) is 11.4. The van der Waals surface area contributed by atoms with E-state index in [0.717, 1.165) is 38.2 Å². The largest absolute Gasteiger partial charge is 0.354 e. The van der Waals surface area contributed by atoms with Crippen molar-refractivity contribution in [1.82, 2.24) is 19.4 Å². The van der Waals surface area contributed by atoms with Gasteiger partial charge in [-0.25, -0.2) is 9.59 Å². The number of nitrogens with zero attached hydrogens (tertiary/aromatic N) is 4. The normalized spacial score (nSPS) is 25.6.